The lowest BCUT2D eigenvalue weighted by molar-refractivity contribution is -0.151. The van der Waals surface area contributed by atoms with E-state index in [0.717, 1.165) is 29.8 Å². The number of nitrogens with zero attached hydrogens (tertiary/aromatic N) is 3. The minimum absolute atomic E-state index is 0.0274. The minimum atomic E-state index is -3.35. The second kappa shape index (κ2) is 19.7. The van der Waals surface area contributed by atoms with E-state index in [2.05, 4.69) is 21.3 Å². The van der Waals surface area contributed by atoms with Crippen molar-refractivity contribution in [2.45, 2.75) is 81.5 Å². The predicted molar refractivity (Wildman–Crippen MR) is 203 cm³/mol. The lowest BCUT2D eigenvalue weighted by Gasteiger charge is -2.36. The molecule has 8 unspecified atom stereocenters. The third-order valence-corrected chi connectivity index (χ3v) is 14.1. The Balaban J connectivity index is 0.785. The van der Waals surface area contributed by atoms with Crippen molar-refractivity contribution in [3.05, 3.63) is 0 Å². The van der Waals surface area contributed by atoms with E-state index in [9.17, 15) is 42.0 Å². The van der Waals surface area contributed by atoms with E-state index in [1.807, 2.05) is 4.90 Å². The third-order valence-electron chi connectivity index (χ3n) is 11.7. The number of likely N-dealkylation sites (tertiary alicyclic amines) is 2. The molecular formula is C36H55N7O12S2. The highest BCUT2D eigenvalue weighted by Crippen LogP contribution is 2.40. The Labute approximate surface area is 336 Å². The van der Waals surface area contributed by atoms with Gasteiger partial charge in [0.2, 0.25) is 51.4 Å². The van der Waals surface area contributed by atoms with Gasteiger partial charge in [-0.2, -0.15) is 0 Å². The lowest BCUT2D eigenvalue weighted by atomic mass is 9.79. The summed E-state index contributed by atoms with van der Waals surface area (Å²) in [5, 5.41) is 11.2. The molecule has 57 heavy (non-hydrogen) atoms. The molecule has 1 aliphatic carbocycles. The number of sulfonamides is 1. The topological polar surface area (TPSA) is 239 Å². The molecule has 5 heterocycles. The zero-order valence-electron chi connectivity index (χ0n) is 32.3. The summed E-state index contributed by atoms with van der Waals surface area (Å²) in [5.41, 5.74) is -0.315. The Bertz CT molecular complexity index is 1650. The molecule has 0 aromatic rings. The molecule has 4 N–H and O–H groups in total. The van der Waals surface area contributed by atoms with E-state index < -0.39 is 45.6 Å². The van der Waals surface area contributed by atoms with E-state index in [-0.39, 0.29) is 92.1 Å². The lowest BCUT2D eigenvalue weighted by Crippen LogP contribution is -2.54. The van der Waals surface area contributed by atoms with Crippen LogP contribution in [0.25, 0.3) is 0 Å². The van der Waals surface area contributed by atoms with Crippen LogP contribution in [0.4, 0.5) is 0 Å². The van der Waals surface area contributed by atoms with Crippen LogP contribution in [0.15, 0.2) is 0 Å². The first kappa shape index (κ1) is 43.4. The maximum absolute atomic E-state index is 13.1. The Morgan fingerprint density at radius 1 is 0.895 bits per heavy atom. The van der Waals surface area contributed by atoms with Gasteiger partial charge in [0, 0.05) is 44.4 Å². The summed E-state index contributed by atoms with van der Waals surface area (Å²) in [6.07, 6.45) is 5.18. The predicted octanol–water partition coefficient (Wildman–Crippen LogP) is -1.87. The largest absolute Gasteiger partial charge is 0.379 e. The number of fused-ring (bicyclic) bond motifs is 1. The number of carbonyl (C=O) groups is 7. The Hall–Kier alpha value is -3.21. The quantitative estimate of drug-likeness (QED) is 0.0928. The van der Waals surface area contributed by atoms with Gasteiger partial charge < -0.3 is 29.7 Å². The number of rotatable bonds is 17. The van der Waals surface area contributed by atoms with Crippen molar-refractivity contribution >= 4 is 63.1 Å². The second-order valence-corrected chi connectivity index (χ2v) is 18.7. The molecule has 0 bridgehead atoms. The normalized spacial score (nSPS) is 31.0. The molecule has 0 radical (unpaired) electrons. The molecule has 5 aliphatic heterocycles. The van der Waals surface area contributed by atoms with Crippen molar-refractivity contribution in [1.82, 2.24) is 35.4 Å². The van der Waals surface area contributed by atoms with Crippen molar-refractivity contribution < 1.29 is 56.2 Å². The van der Waals surface area contributed by atoms with Gasteiger partial charge >= 0.3 is 0 Å². The summed E-state index contributed by atoms with van der Waals surface area (Å²) in [5.74, 6) is -2.81. The summed E-state index contributed by atoms with van der Waals surface area (Å²) < 4.78 is 41.9. The van der Waals surface area contributed by atoms with Crippen molar-refractivity contribution in [2.24, 2.45) is 23.7 Å². The van der Waals surface area contributed by atoms with Gasteiger partial charge in [0.15, 0.2) is 0 Å². The Kier molecular flexibility index (Phi) is 15.0. The molecular weight excluding hydrogens is 787 g/mol. The third kappa shape index (κ3) is 11.3. The number of imide groups is 2. The number of hydrogen-bond acceptors (Lipinski definition) is 14. The SMILES string of the molecule is CS(=O)(=O)N1CCC(C(=O)NCC(=O)NC2NC(C3CCCN(C(=O)CCOCCOCCOC4CCC5C(=O)N(C6CCC(=O)NC6=O)C(=O)C5C4)C3)CS2)C1. The smallest absolute Gasteiger partial charge is 0.249 e. The Morgan fingerprint density at radius 2 is 1.65 bits per heavy atom. The van der Waals surface area contributed by atoms with Gasteiger partial charge in [0.05, 0.1) is 76.1 Å². The first-order chi connectivity index (χ1) is 27.3. The average molecular weight is 842 g/mol. The van der Waals surface area contributed by atoms with Crippen LogP contribution in [-0.4, -0.2) is 165 Å². The van der Waals surface area contributed by atoms with E-state index in [1.54, 1.807) is 11.8 Å². The molecule has 6 rings (SSSR count). The average Bonchev–Trinajstić information content (AvgIpc) is 3.93. The second-order valence-electron chi connectivity index (χ2n) is 15.6. The highest BCUT2D eigenvalue weighted by atomic mass is 32.2. The first-order valence-electron chi connectivity index (χ1n) is 19.9. The number of ether oxygens (including phenoxy) is 3. The monoisotopic (exact) mass is 841 g/mol. The van der Waals surface area contributed by atoms with Crippen LogP contribution in [0.5, 0.6) is 0 Å². The van der Waals surface area contributed by atoms with Crippen LogP contribution in [0.2, 0.25) is 0 Å². The van der Waals surface area contributed by atoms with Crippen LogP contribution in [-0.2, 0) is 57.8 Å². The molecule has 0 aromatic heterocycles. The van der Waals surface area contributed by atoms with Gasteiger partial charge in [-0.05, 0) is 50.9 Å². The minimum Gasteiger partial charge on any atom is -0.379 e. The number of amides is 7. The van der Waals surface area contributed by atoms with Gasteiger partial charge in [0.1, 0.15) is 11.5 Å². The maximum atomic E-state index is 13.1. The fraction of sp³-hybridized carbons (Fsp3) is 0.806. The molecule has 0 aromatic carbocycles. The zero-order chi connectivity index (χ0) is 40.7. The number of piperidine rings is 2. The van der Waals surface area contributed by atoms with Crippen LogP contribution < -0.4 is 21.3 Å². The fourth-order valence-corrected chi connectivity index (χ4v) is 10.8. The van der Waals surface area contributed by atoms with Crippen molar-refractivity contribution in [3.63, 3.8) is 0 Å². The van der Waals surface area contributed by atoms with E-state index in [0.29, 0.717) is 71.7 Å². The van der Waals surface area contributed by atoms with E-state index in [1.165, 1.54) is 4.31 Å². The highest BCUT2D eigenvalue weighted by molar-refractivity contribution is 8.00. The fourth-order valence-electron chi connectivity index (χ4n) is 8.63. The molecule has 318 valence electrons. The van der Waals surface area contributed by atoms with Crippen LogP contribution in [0.1, 0.15) is 57.8 Å². The summed E-state index contributed by atoms with van der Waals surface area (Å²) in [6.45, 7) is 3.07. The summed E-state index contributed by atoms with van der Waals surface area (Å²) in [6, 6.07) is -0.821. The van der Waals surface area contributed by atoms with Crippen molar-refractivity contribution in [2.75, 3.05) is 77.8 Å². The van der Waals surface area contributed by atoms with Gasteiger partial charge in [-0.15, -0.1) is 11.8 Å². The first-order valence-corrected chi connectivity index (χ1v) is 22.8. The summed E-state index contributed by atoms with van der Waals surface area (Å²) >= 11 is 1.57. The van der Waals surface area contributed by atoms with Crippen LogP contribution >= 0.6 is 11.8 Å². The number of carbonyl (C=O) groups excluding carboxylic acids is 7. The molecule has 19 nitrogen and oxygen atoms in total. The number of hydrogen-bond donors (Lipinski definition) is 4. The number of thioether (sulfide) groups is 1. The van der Waals surface area contributed by atoms with Crippen LogP contribution in [0, 0.1) is 23.7 Å². The maximum Gasteiger partial charge on any atom is 0.249 e. The van der Waals surface area contributed by atoms with Crippen molar-refractivity contribution in [1.29, 1.82) is 0 Å². The molecule has 21 heteroatoms. The number of nitrogens with one attached hydrogen (secondary N) is 4. The van der Waals surface area contributed by atoms with Gasteiger partial charge in [0.25, 0.3) is 0 Å². The molecule has 0 spiro atoms. The van der Waals surface area contributed by atoms with Gasteiger partial charge in [-0.3, -0.25) is 49.1 Å². The summed E-state index contributed by atoms with van der Waals surface area (Å²) in [7, 11) is -3.35. The molecule has 7 amide bonds. The standard InChI is InChI=1S/C36H55N7O12S2/c1-57(51,52)42-11-8-23(20-42)32(47)37-18-30(45)40-36-38-27(21-56-36)22-3-2-10-41(19-22)31(46)9-12-53-13-14-54-15-16-55-24-4-5-25-26(17-24)35(50)43(34(25)49)28-6-7-29(44)39-33(28)48/h22-28,36,38H,2-21H2,1H3,(H,37,47)(H,40,45)(H,39,44,48). The molecule has 6 fully saturated rings. The summed E-state index contributed by atoms with van der Waals surface area (Å²) in [4.78, 5) is 90.9. The molecule has 6 aliphatic rings. The highest BCUT2D eigenvalue weighted by Gasteiger charge is 2.54. The molecule has 5 saturated heterocycles. The van der Waals surface area contributed by atoms with Gasteiger partial charge in [-0.1, -0.05) is 0 Å². The van der Waals surface area contributed by atoms with Gasteiger partial charge in [-0.25, -0.2) is 12.7 Å². The van der Waals surface area contributed by atoms with E-state index >= 15 is 0 Å². The molecule has 1 saturated carbocycles. The van der Waals surface area contributed by atoms with E-state index in [4.69, 9.17) is 14.2 Å². The molecule has 8 atom stereocenters. The zero-order valence-corrected chi connectivity index (χ0v) is 34.0. The Morgan fingerprint density at radius 3 is 2.40 bits per heavy atom. The van der Waals surface area contributed by atoms with Crippen molar-refractivity contribution in [3.8, 4) is 0 Å². The van der Waals surface area contributed by atoms with Crippen LogP contribution in [0.3, 0.4) is 0 Å².